The highest BCUT2D eigenvalue weighted by atomic mass is 16.6. The Balaban J connectivity index is 1.84. The third-order valence-corrected chi connectivity index (χ3v) is 7.57. The summed E-state index contributed by atoms with van der Waals surface area (Å²) < 4.78 is 4.77. The fraction of sp³-hybridized carbons (Fsp3) is 0.850. The Bertz CT molecular complexity index is 579. The van der Waals surface area contributed by atoms with E-state index in [9.17, 15) is 20.1 Å². The van der Waals surface area contributed by atoms with E-state index in [4.69, 9.17) is 4.74 Å². The van der Waals surface area contributed by atoms with Crippen molar-refractivity contribution in [2.24, 2.45) is 22.7 Å². The second-order valence-electron chi connectivity index (χ2n) is 9.43. The number of fused-ring (bicyclic) bond motifs is 1. The number of aliphatic hydroxyl groups is 3. The lowest BCUT2D eigenvalue weighted by molar-refractivity contribution is -0.196. The Morgan fingerprint density at radius 2 is 1.84 bits per heavy atom. The van der Waals surface area contributed by atoms with Crippen molar-refractivity contribution < 1.29 is 24.9 Å². The maximum absolute atomic E-state index is 11.3. The van der Waals surface area contributed by atoms with Gasteiger partial charge in [0.05, 0.1) is 11.7 Å². The van der Waals surface area contributed by atoms with Gasteiger partial charge < -0.3 is 20.1 Å². The van der Waals surface area contributed by atoms with Gasteiger partial charge >= 0.3 is 5.97 Å². The number of aliphatic hydroxyl groups excluding tert-OH is 2. The maximum Gasteiger partial charge on any atom is 0.333 e. The largest absolute Gasteiger partial charge is 0.429 e. The van der Waals surface area contributed by atoms with Crippen molar-refractivity contribution in [3.8, 4) is 0 Å². The van der Waals surface area contributed by atoms with Crippen LogP contribution < -0.4 is 0 Å². The van der Waals surface area contributed by atoms with Crippen molar-refractivity contribution >= 4 is 5.97 Å². The SMILES string of the molecule is CC1(O)CCC2C(C)(C)C(O)CCC2(C)C1CCC1=CC(=O)OC1O. The van der Waals surface area contributed by atoms with Crippen LogP contribution in [0.4, 0.5) is 0 Å². The summed E-state index contributed by atoms with van der Waals surface area (Å²) in [7, 11) is 0. The van der Waals surface area contributed by atoms with Crippen LogP contribution in [-0.4, -0.2) is 39.3 Å². The van der Waals surface area contributed by atoms with Crippen molar-refractivity contribution in [2.45, 2.75) is 84.2 Å². The van der Waals surface area contributed by atoms with E-state index in [-0.39, 0.29) is 22.9 Å². The van der Waals surface area contributed by atoms with Crippen LogP contribution in [0.3, 0.4) is 0 Å². The molecule has 1 heterocycles. The molecule has 0 aromatic heterocycles. The fourth-order valence-corrected chi connectivity index (χ4v) is 6.11. The molecule has 1 aliphatic heterocycles. The number of cyclic esters (lactones) is 1. The minimum atomic E-state index is -1.14. The second kappa shape index (κ2) is 6.07. The zero-order chi connectivity index (χ0) is 18.6. The standard InChI is InChI=1S/C20H32O5/c1-18(2)13-7-10-20(4,24)14(19(13,3)9-8-15(18)21)6-5-12-11-16(22)25-17(12)23/h11,13-15,17,21,23-24H,5-10H2,1-4H3. The Morgan fingerprint density at radius 1 is 1.16 bits per heavy atom. The number of rotatable bonds is 3. The third-order valence-electron chi connectivity index (χ3n) is 7.57. The molecular weight excluding hydrogens is 320 g/mol. The minimum Gasteiger partial charge on any atom is -0.429 e. The van der Waals surface area contributed by atoms with E-state index >= 15 is 0 Å². The van der Waals surface area contributed by atoms with Gasteiger partial charge in [-0.2, -0.15) is 0 Å². The van der Waals surface area contributed by atoms with E-state index in [0.29, 0.717) is 30.8 Å². The van der Waals surface area contributed by atoms with Gasteiger partial charge in [-0.3, -0.25) is 0 Å². The lowest BCUT2D eigenvalue weighted by Crippen LogP contribution is -2.60. The summed E-state index contributed by atoms with van der Waals surface area (Å²) in [5.41, 5.74) is -0.424. The summed E-state index contributed by atoms with van der Waals surface area (Å²) in [5, 5.41) is 31.5. The van der Waals surface area contributed by atoms with Crippen LogP contribution in [0.1, 0.15) is 66.2 Å². The average Bonchev–Trinajstić information content (AvgIpc) is 2.80. The highest BCUT2D eigenvalue weighted by Crippen LogP contribution is 2.63. The quantitative estimate of drug-likeness (QED) is 0.680. The second-order valence-corrected chi connectivity index (χ2v) is 9.43. The molecule has 0 spiro atoms. The van der Waals surface area contributed by atoms with Gasteiger partial charge in [0.2, 0.25) is 6.29 Å². The van der Waals surface area contributed by atoms with Crippen molar-refractivity contribution in [2.75, 3.05) is 0 Å². The maximum atomic E-state index is 11.3. The first-order chi connectivity index (χ1) is 11.5. The number of carbonyl (C=O) groups excluding carboxylic acids is 1. The molecule has 5 nitrogen and oxygen atoms in total. The van der Waals surface area contributed by atoms with Crippen molar-refractivity contribution in [3.63, 3.8) is 0 Å². The molecule has 6 unspecified atom stereocenters. The molecule has 25 heavy (non-hydrogen) atoms. The van der Waals surface area contributed by atoms with Crippen LogP contribution in [-0.2, 0) is 9.53 Å². The molecule has 3 aliphatic rings. The predicted molar refractivity (Wildman–Crippen MR) is 93.4 cm³/mol. The van der Waals surface area contributed by atoms with E-state index in [1.807, 2.05) is 6.92 Å². The minimum absolute atomic E-state index is 0.0503. The van der Waals surface area contributed by atoms with E-state index < -0.39 is 17.9 Å². The molecule has 0 amide bonds. The third kappa shape index (κ3) is 3.04. The first kappa shape index (κ1) is 18.9. The van der Waals surface area contributed by atoms with Gasteiger partial charge in [0.15, 0.2) is 0 Å². The number of esters is 1. The van der Waals surface area contributed by atoms with Crippen LogP contribution in [0.2, 0.25) is 0 Å². The van der Waals surface area contributed by atoms with Gasteiger partial charge in [-0.15, -0.1) is 0 Å². The Hall–Kier alpha value is -0.910. The number of hydrogen-bond acceptors (Lipinski definition) is 5. The normalized spacial score (nSPS) is 46.4. The van der Waals surface area contributed by atoms with E-state index in [1.54, 1.807) is 0 Å². The van der Waals surface area contributed by atoms with Crippen LogP contribution in [0.15, 0.2) is 11.6 Å². The molecule has 0 aromatic carbocycles. The molecule has 3 N–H and O–H groups in total. The number of carbonyl (C=O) groups is 1. The van der Waals surface area contributed by atoms with Gasteiger partial charge in [0, 0.05) is 11.6 Å². The van der Waals surface area contributed by atoms with Crippen molar-refractivity contribution in [3.05, 3.63) is 11.6 Å². The first-order valence-corrected chi connectivity index (χ1v) is 9.48. The van der Waals surface area contributed by atoms with Gasteiger partial charge in [0.1, 0.15) is 0 Å². The Labute approximate surface area is 150 Å². The van der Waals surface area contributed by atoms with E-state index in [1.165, 1.54) is 6.08 Å². The molecule has 0 radical (unpaired) electrons. The monoisotopic (exact) mass is 352 g/mol. The molecule has 6 atom stereocenters. The zero-order valence-corrected chi connectivity index (χ0v) is 15.8. The van der Waals surface area contributed by atoms with Crippen LogP contribution in [0, 0.1) is 22.7 Å². The number of ether oxygens (including phenoxy) is 1. The van der Waals surface area contributed by atoms with Crippen molar-refractivity contribution in [1.29, 1.82) is 0 Å². The topological polar surface area (TPSA) is 87.0 Å². The molecule has 0 bridgehead atoms. The summed E-state index contributed by atoms with van der Waals surface area (Å²) in [6, 6.07) is 0. The van der Waals surface area contributed by atoms with Gasteiger partial charge in [-0.25, -0.2) is 4.79 Å². The molecule has 0 aromatic rings. The highest BCUT2D eigenvalue weighted by Gasteiger charge is 2.59. The first-order valence-electron chi connectivity index (χ1n) is 9.48. The number of hydrogen-bond donors (Lipinski definition) is 3. The zero-order valence-electron chi connectivity index (χ0n) is 15.8. The van der Waals surface area contributed by atoms with Crippen LogP contribution in [0.5, 0.6) is 0 Å². The molecule has 5 heteroatoms. The van der Waals surface area contributed by atoms with Crippen LogP contribution in [0.25, 0.3) is 0 Å². The van der Waals surface area contributed by atoms with Gasteiger partial charge in [-0.05, 0) is 68.1 Å². The smallest absolute Gasteiger partial charge is 0.333 e. The molecule has 2 saturated carbocycles. The van der Waals surface area contributed by atoms with E-state index in [2.05, 4.69) is 20.8 Å². The molecular formula is C20H32O5. The fourth-order valence-electron chi connectivity index (χ4n) is 6.11. The van der Waals surface area contributed by atoms with Gasteiger partial charge in [0.25, 0.3) is 0 Å². The van der Waals surface area contributed by atoms with Gasteiger partial charge in [-0.1, -0.05) is 20.8 Å². The summed E-state index contributed by atoms with van der Waals surface area (Å²) in [6.07, 6.45) is 4.43. The lowest BCUT2D eigenvalue weighted by atomic mass is 9.44. The lowest BCUT2D eigenvalue weighted by Gasteiger charge is -2.62. The summed E-state index contributed by atoms with van der Waals surface area (Å²) in [6.45, 7) is 8.46. The highest BCUT2D eigenvalue weighted by molar-refractivity contribution is 5.85. The molecule has 142 valence electrons. The summed E-state index contributed by atoms with van der Waals surface area (Å²) >= 11 is 0. The van der Waals surface area contributed by atoms with Crippen molar-refractivity contribution in [1.82, 2.24) is 0 Å². The average molecular weight is 352 g/mol. The summed E-state index contributed by atoms with van der Waals surface area (Å²) in [5.74, 6) is -0.104. The van der Waals surface area contributed by atoms with E-state index in [0.717, 1.165) is 19.3 Å². The molecule has 2 fully saturated rings. The Kier molecular flexibility index (Phi) is 4.58. The summed E-state index contributed by atoms with van der Waals surface area (Å²) in [4.78, 5) is 11.3. The Morgan fingerprint density at radius 3 is 2.44 bits per heavy atom. The van der Waals surface area contributed by atoms with Crippen LogP contribution >= 0.6 is 0 Å². The predicted octanol–water partition coefficient (Wildman–Crippen LogP) is 2.53. The molecule has 0 saturated heterocycles. The molecule has 2 aliphatic carbocycles. The molecule has 3 rings (SSSR count).